The molecule has 0 radical (unpaired) electrons. The van der Waals surface area contributed by atoms with Crippen LogP contribution in [-0.2, 0) is 14.4 Å². The standard InChI is InChI=1S/C10H18N2O4/c1-6(14)10(12-8(3)16)4-9(5-13)11-7(2)15/h5-6,9-10,14H,4H2,1-3H3,(H,11,15)(H,12,16)/t6-,9+,10+/m1/s1. The van der Waals surface area contributed by atoms with Gasteiger partial charge in [0.25, 0.3) is 0 Å². The Bertz CT molecular complexity index is 266. The van der Waals surface area contributed by atoms with E-state index in [2.05, 4.69) is 10.6 Å². The molecule has 0 aliphatic heterocycles. The van der Waals surface area contributed by atoms with Crippen LogP contribution < -0.4 is 10.6 Å². The van der Waals surface area contributed by atoms with Crippen LogP contribution >= 0.6 is 0 Å². The Kier molecular flexibility index (Phi) is 6.32. The van der Waals surface area contributed by atoms with E-state index < -0.39 is 18.2 Å². The molecular weight excluding hydrogens is 212 g/mol. The van der Waals surface area contributed by atoms with Crippen molar-refractivity contribution < 1.29 is 19.5 Å². The number of amides is 2. The van der Waals surface area contributed by atoms with Crippen molar-refractivity contribution in [3.05, 3.63) is 0 Å². The first-order chi connectivity index (χ1) is 7.36. The van der Waals surface area contributed by atoms with Gasteiger partial charge in [0.1, 0.15) is 6.29 Å². The molecule has 0 aliphatic rings. The van der Waals surface area contributed by atoms with Crippen molar-refractivity contribution in [3.8, 4) is 0 Å². The summed E-state index contributed by atoms with van der Waals surface area (Å²) >= 11 is 0. The van der Waals surface area contributed by atoms with Gasteiger partial charge in [-0.05, 0) is 13.3 Å². The van der Waals surface area contributed by atoms with E-state index >= 15 is 0 Å². The van der Waals surface area contributed by atoms with E-state index in [9.17, 15) is 19.5 Å². The first-order valence-electron chi connectivity index (χ1n) is 5.04. The third-order valence-corrected chi connectivity index (χ3v) is 2.03. The fourth-order valence-corrected chi connectivity index (χ4v) is 1.32. The second kappa shape index (κ2) is 6.95. The topological polar surface area (TPSA) is 95.5 Å². The number of nitrogens with one attached hydrogen (secondary N) is 2. The number of aliphatic hydroxyl groups is 1. The van der Waals surface area contributed by atoms with Crippen LogP contribution in [0.2, 0.25) is 0 Å². The average Bonchev–Trinajstić information content (AvgIpc) is 2.13. The van der Waals surface area contributed by atoms with E-state index in [4.69, 9.17) is 0 Å². The second-order valence-electron chi connectivity index (χ2n) is 3.73. The lowest BCUT2D eigenvalue weighted by Gasteiger charge is -2.23. The summed E-state index contributed by atoms with van der Waals surface area (Å²) in [7, 11) is 0. The maximum Gasteiger partial charge on any atom is 0.217 e. The number of hydrogen-bond acceptors (Lipinski definition) is 4. The van der Waals surface area contributed by atoms with Crippen molar-refractivity contribution in [2.24, 2.45) is 0 Å². The molecule has 0 aromatic rings. The SMILES string of the molecule is CC(=O)N[C@H](C=O)C[C@H](NC(C)=O)[C@@H](C)O. The molecule has 92 valence electrons. The van der Waals surface area contributed by atoms with Gasteiger partial charge in [-0.25, -0.2) is 0 Å². The van der Waals surface area contributed by atoms with E-state index in [0.29, 0.717) is 6.29 Å². The highest BCUT2D eigenvalue weighted by molar-refractivity contribution is 5.77. The molecule has 0 aromatic heterocycles. The summed E-state index contributed by atoms with van der Waals surface area (Å²) in [5.74, 6) is -0.623. The number of aliphatic hydroxyl groups excluding tert-OH is 1. The van der Waals surface area contributed by atoms with Crippen molar-refractivity contribution in [2.45, 2.75) is 45.4 Å². The second-order valence-corrected chi connectivity index (χ2v) is 3.73. The first kappa shape index (κ1) is 14.6. The predicted molar refractivity (Wildman–Crippen MR) is 57.6 cm³/mol. The van der Waals surface area contributed by atoms with Crippen molar-refractivity contribution in [2.75, 3.05) is 0 Å². The highest BCUT2D eigenvalue weighted by atomic mass is 16.3. The minimum absolute atomic E-state index is 0.167. The highest BCUT2D eigenvalue weighted by Crippen LogP contribution is 2.02. The van der Waals surface area contributed by atoms with Crippen LogP contribution in [0, 0.1) is 0 Å². The molecule has 0 saturated carbocycles. The van der Waals surface area contributed by atoms with Gasteiger partial charge in [0.15, 0.2) is 0 Å². The van der Waals surface area contributed by atoms with Crippen molar-refractivity contribution >= 4 is 18.1 Å². The number of carbonyl (C=O) groups excluding carboxylic acids is 3. The molecule has 0 aromatic carbocycles. The molecule has 3 N–H and O–H groups in total. The molecule has 3 atom stereocenters. The predicted octanol–water partition coefficient (Wildman–Crippen LogP) is -1.03. The van der Waals surface area contributed by atoms with Crippen molar-refractivity contribution in [1.82, 2.24) is 10.6 Å². The largest absolute Gasteiger partial charge is 0.391 e. The molecular formula is C10H18N2O4. The first-order valence-corrected chi connectivity index (χ1v) is 5.04. The summed E-state index contributed by atoms with van der Waals surface area (Å²) in [6, 6.07) is -1.26. The normalized spacial score (nSPS) is 15.8. The van der Waals surface area contributed by atoms with Gasteiger partial charge in [0.05, 0.1) is 18.2 Å². The van der Waals surface area contributed by atoms with Crippen LogP contribution in [0.25, 0.3) is 0 Å². The van der Waals surface area contributed by atoms with Gasteiger partial charge >= 0.3 is 0 Å². The van der Waals surface area contributed by atoms with E-state index in [0.717, 1.165) is 0 Å². The Morgan fingerprint density at radius 2 is 1.75 bits per heavy atom. The summed E-state index contributed by atoms with van der Waals surface area (Å²) in [6.45, 7) is 4.13. The fraction of sp³-hybridized carbons (Fsp3) is 0.700. The average molecular weight is 230 g/mol. The van der Waals surface area contributed by atoms with E-state index in [1.165, 1.54) is 20.8 Å². The van der Waals surface area contributed by atoms with Crippen LogP contribution in [-0.4, -0.2) is 41.4 Å². The zero-order valence-corrected chi connectivity index (χ0v) is 9.69. The molecule has 0 bridgehead atoms. The van der Waals surface area contributed by atoms with Gasteiger partial charge in [-0.3, -0.25) is 9.59 Å². The van der Waals surface area contributed by atoms with Gasteiger partial charge in [-0.1, -0.05) is 0 Å². The molecule has 0 rings (SSSR count). The lowest BCUT2D eigenvalue weighted by Crippen LogP contribution is -2.47. The fourth-order valence-electron chi connectivity index (χ4n) is 1.32. The molecule has 0 aliphatic carbocycles. The quantitative estimate of drug-likeness (QED) is 0.508. The minimum Gasteiger partial charge on any atom is -0.391 e. The molecule has 2 amide bonds. The summed E-state index contributed by atoms with van der Waals surface area (Å²) in [5, 5.41) is 14.3. The minimum atomic E-state index is -0.792. The smallest absolute Gasteiger partial charge is 0.217 e. The third kappa shape index (κ3) is 6.13. The molecule has 16 heavy (non-hydrogen) atoms. The molecule has 6 nitrogen and oxygen atoms in total. The molecule has 0 unspecified atom stereocenters. The molecule has 0 fully saturated rings. The molecule has 0 heterocycles. The Labute approximate surface area is 94.4 Å². The zero-order chi connectivity index (χ0) is 12.7. The van der Waals surface area contributed by atoms with Crippen LogP contribution in [0.15, 0.2) is 0 Å². The lowest BCUT2D eigenvalue weighted by atomic mass is 10.0. The maximum atomic E-state index is 10.9. The Morgan fingerprint density at radius 3 is 2.06 bits per heavy atom. The summed E-state index contributed by atoms with van der Waals surface area (Å²) < 4.78 is 0. The summed E-state index contributed by atoms with van der Waals surface area (Å²) in [6.07, 6.45) is -0.0426. The Morgan fingerprint density at radius 1 is 1.25 bits per heavy atom. The molecule has 6 heteroatoms. The lowest BCUT2D eigenvalue weighted by molar-refractivity contribution is -0.123. The van der Waals surface area contributed by atoms with Gasteiger partial charge < -0.3 is 20.5 Å². The zero-order valence-electron chi connectivity index (χ0n) is 9.69. The molecule has 0 saturated heterocycles. The third-order valence-electron chi connectivity index (χ3n) is 2.03. The Balaban J connectivity index is 4.39. The number of rotatable bonds is 6. The van der Waals surface area contributed by atoms with Gasteiger partial charge in [-0.2, -0.15) is 0 Å². The Hall–Kier alpha value is -1.43. The van der Waals surface area contributed by atoms with E-state index in [-0.39, 0.29) is 18.2 Å². The number of hydrogen-bond donors (Lipinski definition) is 3. The number of carbonyl (C=O) groups is 3. The highest BCUT2D eigenvalue weighted by Gasteiger charge is 2.21. The maximum absolute atomic E-state index is 10.9. The van der Waals surface area contributed by atoms with E-state index in [1.54, 1.807) is 0 Å². The van der Waals surface area contributed by atoms with Gasteiger partial charge in [-0.15, -0.1) is 0 Å². The van der Waals surface area contributed by atoms with Crippen LogP contribution in [0.1, 0.15) is 27.2 Å². The van der Waals surface area contributed by atoms with E-state index in [1.807, 2.05) is 0 Å². The van der Waals surface area contributed by atoms with Crippen LogP contribution in [0.5, 0.6) is 0 Å². The summed E-state index contributed by atoms with van der Waals surface area (Å²) in [4.78, 5) is 32.3. The van der Waals surface area contributed by atoms with Gasteiger partial charge in [0.2, 0.25) is 11.8 Å². The number of aldehydes is 1. The van der Waals surface area contributed by atoms with Crippen molar-refractivity contribution in [3.63, 3.8) is 0 Å². The molecule has 0 spiro atoms. The van der Waals surface area contributed by atoms with Crippen LogP contribution in [0.3, 0.4) is 0 Å². The van der Waals surface area contributed by atoms with Crippen LogP contribution in [0.4, 0.5) is 0 Å². The van der Waals surface area contributed by atoms with Gasteiger partial charge in [0, 0.05) is 13.8 Å². The monoisotopic (exact) mass is 230 g/mol. The van der Waals surface area contributed by atoms with Crippen molar-refractivity contribution in [1.29, 1.82) is 0 Å². The summed E-state index contributed by atoms with van der Waals surface area (Å²) in [5.41, 5.74) is 0.